The van der Waals surface area contributed by atoms with E-state index in [9.17, 15) is 14.7 Å². The molecule has 1 N–H and O–H groups in total. The third kappa shape index (κ3) is 6.07. The Balaban J connectivity index is 2.01. The molecule has 1 aliphatic rings. The lowest BCUT2D eigenvalue weighted by Crippen LogP contribution is -2.50. The van der Waals surface area contributed by atoms with Gasteiger partial charge in [-0.2, -0.15) is 0 Å². The summed E-state index contributed by atoms with van der Waals surface area (Å²) in [6, 6.07) is 22.7. The van der Waals surface area contributed by atoms with Crippen LogP contribution >= 0.6 is 0 Å². The molecule has 0 aliphatic carbocycles. The van der Waals surface area contributed by atoms with Gasteiger partial charge in [0.2, 0.25) is 0 Å². The van der Waals surface area contributed by atoms with E-state index in [0.29, 0.717) is 18.0 Å². The standard InChI is InChI=1S/C31H34N2O6/c1-5-38-30(35)25-20-32(19-22-12-8-7-9-13-22)29(23-15-16-26(34)27(18-23)37-4)33(28(25)31(36)39-6-2)24-14-10-11-21(3)17-24/h7-18,29,34H,5-6,19-20H2,1-4H3. The fourth-order valence-electron chi connectivity index (χ4n) is 4.82. The van der Waals surface area contributed by atoms with Gasteiger partial charge < -0.3 is 24.2 Å². The first-order valence-corrected chi connectivity index (χ1v) is 13.0. The molecule has 0 aromatic heterocycles. The van der Waals surface area contributed by atoms with Crippen LogP contribution in [0.3, 0.4) is 0 Å². The van der Waals surface area contributed by atoms with Crippen molar-refractivity contribution in [3.63, 3.8) is 0 Å². The SMILES string of the molecule is CCOC(=O)C1=C(C(=O)OCC)N(c2cccc(C)c2)C(c2ccc(O)c(OC)c2)N(Cc2ccccc2)C1. The summed E-state index contributed by atoms with van der Waals surface area (Å²) < 4.78 is 16.4. The quantitative estimate of drug-likeness (QED) is 0.382. The Morgan fingerprint density at radius 2 is 1.64 bits per heavy atom. The number of nitrogens with zero attached hydrogens (tertiary/aromatic N) is 2. The number of carbonyl (C=O) groups excluding carboxylic acids is 2. The monoisotopic (exact) mass is 530 g/mol. The minimum atomic E-state index is -0.614. The molecule has 0 spiro atoms. The lowest BCUT2D eigenvalue weighted by atomic mass is 9.99. The van der Waals surface area contributed by atoms with Crippen LogP contribution in [-0.4, -0.2) is 48.8 Å². The second-order valence-electron chi connectivity index (χ2n) is 9.17. The Morgan fingerprint density at radius 1 is 0.923 bits per heavy atom. The van der Waals surface area contributed by atoms with Crippen molar-refractivity contribution < 1.29 is 28.9 Å². The topological polar surface area (TPSA) is 88.5 Å². The largest absolute Gasteiger partial charge is 0.504 e. The highest BCUT2D eigenvalue weighted by Gasteiger charge is 2.42. The molecule has 0 bridgehead atoms. The Hall–Kier alpha value is -4.30. The fraction of sp³-hybridized carbons (Fsp3) is 0.290. The lowest BCUT2D eigenvalue weighted by Gasteiger charge is -2.46. The molecular formula is C31H34N2O6. The van der Waals surface area contributed by atoms with Crippen LogP contribution in [0.25, 0.3) is 0 Å². The van der Waals surface area contributed by atoms with Gasteiger partial charge in [-0.15, -0.1) is 0 Å². The van der Waals surface area contributed by atoms with Crippen molar-refractivity contribution in [2.75, 3.05) is 31.8 Å². The predicted molar refractivity (Wildman–Crippen MR) is 148 cm³/mol. The van der Waals surface area contributed by atoms with Crippen LogP contribution in [0.1, 0.15) is 36.7 Å². The minimum absolute atomic E-state index is 0.00199. The summed E-state index contributed by atoms with van der Waals surface area (Å²) in [5.41, 5.74) is 3.81. The third-order valence-electron chi connectivity index (χ3n) is 6.48. The van der Waals surface area contributed by atoms with Crippen molar-refractivity contribution in [2.24, 2.45) is 0 Å². The first-order valence-electron chi connectivity index (χ1n) is 13.0. The van der Waals surface area contributed by atoms with Crippen molar-refractivity contribution in [3.8, 4) is 11.5 Å². The van der Waals surface area contributed by atoms with Crippen LogP contribution in [0.15, 0.2) is 84.1 Å². The Bertz CT molecular complexity index is 1350. The second kappa shape index (κ2) is 12.5. The van der Waals surface area contributed by atoms with Crippen LogP contribution in [-0.2, 0) is 25.6 Å². The molecule has 39 heavy (non-hydrogen) atoms. The van der Waals surface area contributed by atoms with Crippen LogP contribution < -0.4 is 9.64 Å². The number of ether oxygens (including phenoxy) is 3. The molecule has 0 saturated carbocycles. The van der Waals surface area contributed by atoms with Gasteiger partial charge in [0.05, 0.1) is 25.9 Å². The smallest absolute Gasteiger partial charge is 0.355 e. The van der Waals surface area contributed by atoms with E-state index in [4.69, 9.17) is 14.2 Å². The predicted octanol–water partition coefficient (Wildman–Crippen LogP) is 5.11. The first-order chi connectivity index (χ1) is 18.9. The molecular weight excluding hydrogens is 496 g/mol. The van der Waals surface area contributed by atoms with Gasteiger partial charge >= 0.3 is 11.9 Å². The summed E-state index contributed by atoms with van der Waals surface area (Å²) in [4.78, 5) is 30.9. The molecule has 3 aromatic carbocycles. The number of phenolic OH excluding ortho intramolecular Hbond substituents is 1. The number of carbonyl (C=O) groups is 2. The number of esters is 2. The Kier molecular flexibility index (Phi) is 8.88. The Labute approximate surface area is 229 Å². The molecule has 0 radical (unpaired) electrons. The van der Waals surface area contributed by atoms with Gasteiger partial charge in [0.15, 0.2) is 11.5 Å². The van der Waals surface area contributed by atoms with Crippen molar-refractivity contribution in [1.82, 2.24) is 4.90 Å². The normalized spacial score (nSPS) is 15.7. The van der Waals surface area contributed by atoms with E-state index in [2.05, 4.69) is 4.90 Å². The molecule has 8 heteroatoms. The summed E-state index contributed by atoms with van der Waals surface area (Å²) in [7, 11) is 1.49. The van der Waals surface area contributed by atoms with Crippen LogP contribution in [0.5, 0.6) is 11.5 Å². The van der Waals surface area contributed by atoms with E-state index in [1.165, 1.54) is 7.11 Å². The van der Waals surface area contributed by atoms with E-state index in [1.54, 1.807) is 32.0 Å². The molecule has 1 unspecified atom stereocenters. The van der Waals surface area contributed by atoms with Crippen LogP contribution in [0.4, 0.5) is 5.69 Å². The van der Waals surface area contributed by atoms with E-state index in [0.717, 1.165) is 16.7 Å². The number of anilines is 1. The molecule has 0 fully saturated rings. The maximum Gasteiger partial charge on any atom is 0.355 e. The zero-order valence-electron chi connectivity index (χ0n) is 22.7. The average Bonchev–Trinajstić information content (AvgIpc) is 2.93. The van der Waals surface area contributed by atoms with Crippen LogP contribution in [0, 0.1) is 6.92 Å². The summed E-state index contributed by atoms with van der Waals surface area (Å²) in [6.45, 7) is 6.34. The number of aryl methyl sites for hydroxylation is 1. The van der Waals surface area contributed by atoms with Crippen molar-refractivity contribution in [3.05, 3.63) is 101 Å². The Morgan fingerprint density at radius 3 is 2.31 bits per heavy atom. The number of hydrogen-bond acceptors (Lipinski definition) is 8. The lowest BCUT2D eigenvalue weighted by molar-refractivity contribution is -0.142. The average molecular weight is 531 g/mol. The molecule has 204 valence electrons. The molecule has 1 atom stereocenters. The number of methoxy groups -OCH3 is 1. The van der Waals surface area contributed by atoms with E-state index < -0.39 is 18.1 Å². The number of phenols is 1. The molecule has 8 nitrogen and oxygen atoms in total. The zero-order chi connectivity index (χ0) is 27.9. The van der Waals surface area contributed by atoms with Crippen molar-refractivity contribution >= 4 is 17.6 Å². The van der Waals surface area contributed by atoms with Gasteiger partial charge in [0.25, 0.3) is 0 Å². The summed E-state index contributed by atoms with van der Waals surface area (Å²) in [5.74, 6) is -0.883. The van der Waals surface area contributed by atoms with Gasteiger partial charge in [0.1, 0.15) is 11.9 Å². The van der Waals surface area contributed by atoms with Gasteiger partial charge in [-0.3, -0.25) is 4.90 Å². The van der Waals surface area contributed by atoms with Gasteiger partial charge in [0, 0.05) is 18.8 Å². The zero-order valence-corrected chi connectivity index (χ0v) is 22.7. The van der Waals surface area contributed by atoms with Gasteiger partial charge in [-0.1, -0.05) is 48.5 Å². The van der Waals surface area contributed by atoms with Gasteiger partial charge in [-0.05, 0) is 61.7 Å². The molecule has 1 aliphatic heterocycles. The molecule has 1 heterocycles. The van der Waals surface area contributed by atoms with E-state index in [-0.39, 0.29) is 36.8 Å². The maximum atomic E-state index is 13.6. The number of hydrogen-bond donors (Lipinski definition) is 1. The summed E-state index contributed by atoms with van der Waals surface area (Å²) >= 11 is 0. The summed E-state index contributed by atoms with van der Waals surface area (Å²) in [5, 5.41) is 10.3. The number of rotatable bonds is 9. The molecule has 0 saturated heterocycles. The summed E-state index contributed by atoms with van der Waals surface area (Å²) in [6.07, 6.45) is -0.556. The highest BCUT2D eigenvalue weighted by Crippen LogP contribution is 2.42. The second-order valence-corrected chi connectivity index (χ2v) is 9.17. The van der Waals surface area contributed by atoms with E-state index >= 15 is 0 Å². The maximum absolute atomic E-state index is 13.6. The fourth-order valence-corrected chi connectivity index (χ4v) is 4.82. The van der Waals surface area contributed by atoms with Crippen molar-refractivity contribution in [2.45, 2.75) is 33.5 Å². The highest BCUT2D eigenvalue weighted by atomic mass is 16.5. The third-order valence-corrected chi connectivity index (χ3v) is 6.48. The van der Waals surface area contributed by atoms with Crippen LogP contribution in [0.2, 0.25) is 0 Å². The van der Waals surface area contributed by atoms with Crippen molar-refractivity contribution in [1.29, 1.82) is 0 Å². The van der Waals surface area contributed by atoms with E-state index in [1.807, 2.05) is 66.4 Å². The number of aromatic hydroxyl groups is 1. The molecule has 4 rings (SSSR count). The molecule has 3 aromatic rings. The highest BCUT2D eigenvalue weighted by molar-refractivity contribution is 6.04. The molecule has 0 amide bonds. The first kappa shape index (κ1) is 27.7. The van der Waals surface area contributed by atoms with Gasteiger partial charge in [-0.25, -0.2) is 9.59 Å². The minimum Gasteiger partial charge on any atom is -0.504 e. The number of benzene rings is 3.